The number of nitrogens with zero attached hydrogens (tertiary/aromatic N) is 2. The van der Waals surface area contributed by atoms with Gasteiger partial charge < -0.3 is 4.74 Å². The minimum Gasteiger partial charge on any atom is -0.462 e. The van der Waals surface area contributed by atoms with Crippen molar-refractivity contribution in [1.29, 1.82) is 0 Å². The van der Waals surface area contributed by atoms with Crippen LogP contribution in [0.4, 0.5) is 4.39 Å². The molecular weight excluding hydrogens is 295 g/mol. The van der Waals surface area contributed by atoms with Crippen LogP contribution in [-0.4, -0.2) is 22.5 Å². The second kappa shape index (κ2) is 8.37. The number of hydrogen-bond acceptors (Lipinski definition) is 4. The summed E-state index contributed by atoms with van der Waals surface area (Å²) in [4.78, 5) is 20.1. The number of hydrogen-bond donors (Lipinski definition) is 0. The molecule has 1 aliphatic carbocycles. The van der Waals surface area contributed by atoms with Crippen molar-refractivity contribution in [2.45, 2.75) is 77.0 Å². The molecule has 128 valence electrons. The van der Waals surface area contributed by atoms with Crippen LogP contribution in [0.15, 0.2) is 6.20 Å². The van der Waals surface area contributed by atoms with E-state index < -0.39 is 11.9 Å². The molecule has 5 heteroatoms. The van der Waals surface area contributed by atoms with Gasteiger partial charge in [-0.25, -0.2) is 14.8 Å². The van der Waals surface area contributed by atoms with E-state index in [4.69, 9.17) is 4.74 Å². The standard InChI is InChI=1S/C18H27FN2O2/c1-3-5-7-10-18(11-8-6-9-12-18)17-20-13-14(15(19)21-17)16(22)23-4-2/h13H,3-12H2,1-2H3. The van der Waals surface area contributed by atoms with Crippen molar-refractivity contribution >= 4 is 5.97 Å². The zero-order chi connectivity index (χ0) is 16.7. The van der Waals surface area contributed by atoms with Crippen molar-refractivity contribution in [2.75, 3.05) is 6.61 Å². The van der Waals surface area contributed by atoms with E-state index in [-0.39, 0.29) is 17.6 Å². The summed E-state index contributed by atoms with van der Waals surface area (Å²) in [7, 11) is 0. The van der Waals surface area contributed by atoms with Gasteiger partial charge >= 0.3 is 5.97 Å². The maximum absolute atomic E-state index is 14.3. The van der Waals surface area contributed by atoms with Crippen molar-refractivity contribution < 1.29 is 13.9 Å². The third kappa shape index (κ3) is 4.27. The molecule has 1 aromatic rings. The summed E-state index contributed by atoms with van der Waals surface area (Å²) in [5.41, 5.74) is -0.295. The Bertz CT molecular complexity index is 528. The first-order valence-corrected chi connectivity index (χ1v) is 8.83. The number of halogens is 1. The summed E-state index contributed by atoms with van der Waals surface area (Å²) in [5, 5.41) is 0. The molecule has 0 amide bonds. The van der Waals surface area contributed by atoms with Crippen LogP contribution in [0.5, 0.6) is 0 Å². The van der Waals surface area contributed by atoms with Gasteiger partial charge in [0.15, 0.2) is 0 Å². The van der Waals surface area contributed by atoms with Gasteiger partial charge in [0.1, 0.15) is 11.4 Å². The smallest absolute Gasteiger partial charge is 0.344 e. The van der Waals surface area contributed by atoms with Crippen LogP contribution in [-0.2, 0) is 10.2 Å². The molecule has 0 saturated heterocycles. The Balaban J connectivity index is 2.24. The largest absolute Gasteiger partial charge is 0.462 e. The highest BCUT2D eigenvalue weighted by atomic mass is 19.1. The van der Waals surface area contributed by atoms with E-state index in [1.54, 1.807) is 6.92 Å². The van der Waals surface area contributed by atoms with Crippen molar-refractivity contribution in [3.63, 3.8) is 0 Å². The molecule has 0 unspecified atom stereocenters. The summed E-state index contributed by atoms with van der Waals surface area (Å²) in [6.07, 6.45) is 11.3. The number of unbranched alkanes of at least 4 members (excludes halogenated alkanes) is 2. The lowest BCUT2D eigenvalue weighted by Crippen LogP contribution is -2.32. The number of carbonyl (C=O) groups excluding carboxylic acids is 1. The maximum atomic E-state index is 14.3. The van der Waals surface area contributed by atoms with Gasteiger partial charge in [0.2, 0.25) is 5.95 Å². The molecule has 4 nitrogen and oxygen atoms in total. The molecule has 1 aromatic heterocycles. The Kier molecular flexibility index (Phi) is 6.48. The van der Waals surface area contributed by atoms with Crippen molar-refractivity contribution in [3.8, 4) is 0 Å². The Morgan fingerprint density at radius 2 is 2.00 bits per heavy atom. The lowest BCUT2D eigenvalue weighted by molar-refractivity contribution is 0.0518. The van der Waals surface area contributed by atoms with Crippen molar-refractivity contribution in [1.82, 2.24) is 9.97 Å². The summed E-state index contributed by atoms with van der Waals surface area (Å²) in [6, 6.07) is 0. The van der Waals surface area contributed by atoms with Gasteiger partial charge in [-0.05, 0) is 26.2 Å². The molecule has 23 heavy (non-hydrogen) atoms. The predicted octanol–water partition coefficient (Wildman–Crippen LogP) is 4.57. The zero-order valence-electron chi connectivity index (χ0n) is 14.2. The third-order valence-electron chi connectivity index (χ3n) is 4.78. The normalized spacial score (nSPS) is 17.0. The Morgan fingerprint density at radius 1 is 1.26 bits per heavy atom. The highest BCUT2D eigenvalue weighted by Gasteiger charge is 2.36. The van der Waals surface area contributed by atoms with Crippen LogP contribution >= 0.6 is 0 Å². The minimum atomic E-state index is -0.756. The van der Waals surface area contributed by atoms with E-state index in [9.17, 15) is 9.18 Å². The molecule has 0 atom stereocenters. The van der Waals surface area contributed by atoms with Crippen LogP contribution in [0.25, 0.3) is 0 Å². The van der Waals surface area contributed by atoms with Gasteiger partial charge in [0.05, 0.1) is 6.61 Å². The zero-order valence-corrected chi connectivity index (χ0v) is 14.2. The number of aromatic nitrogens is 2. The van der Waals surface area contributed by atoms with Crippen molar-refractivity contribution in [2.24, 2.45) is 0 Å². The van der Waals surface area contributed by atoms with Crippen LogP contribution in [0.1, 0.15) is 87.8 Å². The molecule has 1 fully saturated rings. The molecule has 1 saturated carbocycles. The Hall–Kier alpha value is -1.52. The van der Waals surface area contributed by atoms with Gasteiger partial charge in [-0.2, -0.15) is 4.39 Å². The topological polar surface area (TPSA) is 52.1 Å². The van der Waals surface area contributed by atoms with Crippen molar-refractivity contribution in [3.05, 3.63) is 23.5 Å². The van der Waals surface area contributed by atoms with E-state index in [2.05, 4.69) is 16.9 Å². The average Bonchev–Trinajstić information content (AvgIpc) is 2.56. The number of ether oxygens (including phenoxy) is 1. The second-order valence-corrected chi connectivity index (χ2v) is 6.42. The van der Waals surface area contributed by atoms with E-state index in [0.29, 0.717) is 5.82 Å². The number of esters is 1. The van der Waals surface area contributed by atoms with Crippen LogP contribution in [0.2, 0.25) is 0 Å². The van der Waals surface area contributed by atoms with E-state index >= 15 is 0 Å². The molecule has 0 bridgehead atoms. The Labute approximate surface area is 137 Å². The summed E-state index contributed by atoms with van der Waals surface area (Å²) >= 11 is 0. The van der Waals surface area contributed by atoms with Gasteiger partial charge in [0, 0.05) is 11.6 Å². The molecule has 0 radical (unpaired) electrons. The number of rotatable bonds is 7. The number of carbonyl (C=O) groups is 1. The molecule has 0 aromatic carbocycles. The van der Waals surface area contributed by atoms with Crippen LogP contribution < -0.4 is 0 Å². The SMILES string of the molecule is CCCCCC1(c2ncc(C(=O)OCC)c(F)n2)CCCCC1. The van der Waals surface area contributed by atoms with E-state index in [1.807, 2.05) is 0 Å². The molecular formula is C18H27FN2O2. The predicted molar refractivity (Wildman–Crippen MR) is 86.9 cm³/mol. The summed E-state index contributed by atoms with van der Waals surface area (Å²) in [6.45, 7) is 4.08. The van der Waals surface area contributed by atoms with E-state index in [0.717, 1.165) is 44.9 Å². The molecule has 0 N–H and O–H groups in total. The van der Waals surface area contributed by atoms with Crippen LogP contribution in [0.3, 0.4) is 0 Å². The molecule has 0 spiro atoms. The molecule has 2 rings (SSSR count). The Morgan fingerprint density at radius 3 is 2.61 bits per heavy atom. The maximum Gasteiger partial charge on any atom is 0.344 e. The van der Waals surface area contributed by atoms with Gasteiger partial charge in [-0.3, -0.25) is 0 Å². The monoisotopic (exact) mass is 322 g/mol. The first kappa shape index (κ1) is 17.8. The highest BCUT2D eigenvalue weighted by Crippen LogP contribution is 2.42. The fraction of sp³-hybridized carbons (Fsp3) is 0.722. The average molecular weight is 322 g/mol. The second-order valence-electron chi connectivity index (χ2n) is 6.42. The molecule has 1 aliphatic rings. The fourth-order valence-corrected chi connectivity index (χ4v) is 3.49. The van der Waals surface area contributed by atoms with Crippen LogP contribution in [0, 0.1) is 5.95 Å². The summed E-state index contributed by atoms with van der Waals surface area (Å²) in [5.74, 6) is -0.882. The van der Waals surface area contributed by atoms with Gasteiger partial charge in [-0.1, -0.05) is 45.4 Å². The summed E-state index contributed by atoms with van der Waals surface area (Å²) < 4.78 is 19.1. The quantitative estimate of drug-likeness (QED) is 0.419. The van der Waals surface area contributed by atoms with E-state index in [1.165, 1.54) is 19.0 Å². The third-order valence-corrected chi connectivity index (χ3v) is 4.78. The lowest BCUT2D eigenvalue weighted by Gasteiger charge is -2.36. The lowest BCUT2D eigenvalue weighted by atomic mass is 9.70. The first-order chi connectivity index (χ1) is 11.1. The molecule has 0 aliphatic heterocycles. The van der Waals surface area contributed by atoms with Gasteiger partial charge in [-0.15, -0.1) is 0 Å². The highest BCUT2D eigenvalue weighted by molar-refractivity contribution is 5.88. The molecule has 1 heterocycles. The van der Waals surface area contributed by atoms with Gasteiger partial charge in [0.25, 0.3) is 0 Å². The fourth-order valence-electron chi connectivity index (χ4n) is 3.49. The first-order valence-electron chi connectivity index (χ1n) is 8.83. The minimum absolute atomic E-state index is 0.124.